The number of carbonyl (C=O) groups is 1. The first-order valence-electron chi connectivity index (χ1n) is 7.11. The van der Waals surface area contributed by atoms with E-state index in [0.717, 1.165) is 18.4 Å². The van der Waals surface area contributed by atoms with E-state index in [1.165, 1.54) is 0 Å². The molecule has 8 heteroatoms. The molecule has 0 aromatic heterocycles. The Morgan fingerprint density at radius 2 is 2.09 bits per heavy atom. The van der Waals surface area contributed by atoms with Gasteiger partial charge in [-0.25, -0.2) is 4.79 Å². The molecule has 7 nitrogen and oxygen atoms in total. The van der Waals surface area contributed by atoms with E-state index in [1.54, 1.807) is 19.9 Å². The van der Waals surface area contributed by atoms with Crippen molar-refractivity contribution in [2.24, 2.45) is 0 Å². The summed E-state index contributed by atoms with van der Waals surface area (Å²) in [6, 6.07) is 1.71. The number of cyclic esters (lactones) is 1. The summed E-state index contributed by atoms with van der Waals surface area (Å²) in [5.74, 6) is -0.735. The lowest BCUT2D eigenvalue weighted by molar-refractivity contribution is -0.128. The second kappa shape index (κ2) is 5.37. The molecule has 2 N–H and O–H groups in total. The average Bonchev–Trinajstić information content (AvgIpc) is 2.43. The van der Waals surface area contributed by atoms with Gasteiger partial charge in [0, 0.05) is 13.8 Å². The summed E-state index contributed by atoms with van der Waals surface area (Å²) < 4.78 is 22.0. The van der Waals surface area contributed by atoms with E-state index in [1.807, 2.05) is 0 Å². The molecule has 0 saturated carbocycles. The van der Waals surface area contributed by atoms with Crippen LogP contribution >= 0.6 is 0 Å². The van der Waals surface area contributed by atoms with Gasteiger partial charge in [-0.05, 0) is 24.5 Å². The Morgan fingerprint density at radius 1 is 1.32 bits per heavy atom. The number of fused-ring (bicyclic) bond motifs is 3. The third-order valence-corrected chi connectivity index (χ3v) is 3.39. The van der Waals surface area contributed by atoms with Gasteiger partial charge in [0.15, 0.2) is 11.5 Å². The lowest BCUT2D eigenvalue weighted by Crippen LogP contribution is -2.39. The van der Waals surface area contributed by atoms with Gasteiger partial charge in [-0.3, -0.25) is 0 Å². The van der Waals surface area contributed by atoms with Crippen LogP contribution in [0.1, 0.15) is 36.2 Å². The van der Waals surface area contributed by atoms with Gasteiger partial charge < -0.3 is 29.0 Å². The van der Waals surface area contributed by atoms with Crippen LogP contribution in [0.4, 0.5) is 0 Å². The van der Waals surface area contributed by atoms with Gasteiger partial charge >= 0.3 is 13.1 Å². The van der Waals surface area contributed by atoms with Gasteiger partial charge in [-0.2, -0.15) is 0 Å². The first kappa shape index (κ1) is 15.0. The highest BCUT2D eigenvalue weighted by Crippen LogP contribution is 2.47. The highest BCUT2D eigenvalue weighted by molar-refractivity contribution is 6.40. The Bertz CT molecular complexity index is 612. The molecular weight excluding hydrogens is 291 g/mol. The average molecular weight is 308 g/mol. The zero-order valence-corrected chi connectivity index (χ0v) is 12.4. The summed E-state index contributed by atoms with van der Waals surface area (Å²) in [5, 5.41) is 18.0. The predicted molar refractivity (Wildman–Crippen MR) is 76.1 cm³/mol. The summed E-state index contributed by atoms with van der Waals surface area (Å²) in [5.41, 5.74) is 1.01. The van der Waals surface area contributed by atoms with E-state index >= 15 is 0 Å². The molecule has 2 aliphatic heterocycles. The molecule has 0 saturated heterocycles. The maximum absolute atomic E-state index is 12.3. The summed E-state index contributed by atoms with van der Waals surface area (Å²) in [6.45, 7) is 3.41. The molecule has 1 aromatic carbocycles. The van der Waals surface area contributed by atoms with Crippen LogP contribution < -0.4 is 14.2 Å². The minimum Gasteiger partial charge on any atom is -0.492 e. The van der Waals surface area contributed by atoms with Gasteiger partial charge in [-0.1, -0.05) is 0 Å². The lowest BCUT2D eigenvalue weighted by atomic mass is 9.94. The molecule has 0 bridgehead atoms. The summed E-state index contributed by atoms with van der Waals surface area (Å²) >= 11 is 0. The topological polar surface area (TPSA) is 94.5 Å². The Labute approximate surface area is 127 Å². The fraction of sp³-hybridized carbons (Fsp3) is 0.500. The smallest absolute Gasteiger partial charge is 0.491 e. The minimum atomic E-state index is -1.62. The summed E-state index contributed by atoms with van der Waals surface area (Å²) in [7, 11) is -1.62. The van der Waals surface area contributed by atoms with Crippen LogP contribution in [0.25, 0.3) is 0 Å². The van der Waals surface area contributed by atoms with E-state index in [2.05, 4.69) is 0 Å². The quantitative estimate of drug-likeness (QED) is 0.626. The van der Waals surface area contributed by atoms with Crippen LogP contribution in [0.15, 0.2) is 6.07 Å². The van der Waals surface area contributed by atoms with Crippen molar-refractivity contribution < 1.29 is 33.8 Å². The third-order valence-electron chi connectivity index (χ3n) is 3.39. The van der Waals surface area contributed by atoms with Gasteiger partial charge in [0.25, 0.3) is 0 Å². The van der Waals surface area contributed by atoms with Crippen molar-refractivity contribution in [3.8, 4) is 17.2 Å². The van der Waals surface area contributed by atoms with Crippen LogP contribution in [-0.4, -0.2) is 42.0 Å². The van der Waals surface area contributed by atoms with Gasteiger partial charge in [0.1, 0.15) is 17.8 Å². The van der Waals surface area contributed by atoms with E-state index in [9.17, 15) is 4.79 Å². The van der Waals surface area contributed by atoms with Crippen molar-refractivity contribution in [1.82, 2.24) is 0 Å². The second-order valence-corrected chi connectivity index (χ2v) is 5.70. The van der Waals surface area contributed by atoms with Crippen molar-refractivity contribution >= 4 is 13.1 Å². The van der Waals surface area contributed by atoms with Crippen LogP contribution in [0.5, 0.6) is 17.2 Å². The SMILES string of the molecule is CC1(C)OC(=O)c2c3c(cc(OCB(O)O)c2O1)CCCO3. The third kappa shape index (κ3) is 2.71. The van der Waals surface area contributed by atoms with Gasteiger partial charge in [0.05, 0.1) is 6.61 Å². The number of carbonyl (C=O) groups excluding carboxylic acids is 1. The molecule has 0 radical (unpaired) electrons. The van der Waals surface area contributed by atoms with Crippen LogP contribution in [-0.2, 0) is 11.2 Å². The molecule has 2 aliphatic rings. The number of benzene rings is 1. The Kier molecular flexibility index (Phi) is 3.66. The summed E-state index contributed by atoms with van der Waals surface area (Å²) in [4.78, 5) is 12.3. The highest BCUT2D eigenvalue weighted by atomic mass is 16.7. The molecule has 0 unspecified atom stereocenters. The van der Waals surface area contributed by atoms with E-state index in [4.69, 9.17) is 29.0 Å². The number of ether oxygens (including phenoxy) is 4. The van der Waals surface area contributed by atoms with Crippen LogP contribution in [0.3, 0.4) is 0 Å². The molecule has 0 spiro atoms. The summed E-state index contributed by atoms with van der Waals surface area (Å²) in [6.07, 6.45) is 1.56. The maximum atomic E-state index is 12.3. The van der Waals surface area contributed by atoms with E-state index in [-0.39, 0.29) is 23.6 Å². The molecule has 22 heavy (non-hydrogen) atoms. The maximum Gasteiger partial charge on any atom is 0.491 e. The Balaban J connectivity index is 2.10. The molecular formula is C14H17BO7. The second-order valence-electron chi connectivity index (χ2n) is 5.70. The van der Waals surface area contributed by atoms with Crippen molar-refractivity contribution in [1.29, 1.82) is 0 Å². The Hall–Kier alpha value is -1.93. The molecule has 0 atom stereocenters. The van der Waals surface area contributed by atoms with Crippen molar-refractivity contribution in [2.75, 3.05) is 13.1 Å². The van der Waals surface area contributed by atoms with Crippen molar-refractivity contribution in [2.45, 2.75) is 32.5 Å². The largest absolute Gasteiger partial charge is 0.492 e. The Morgan fingerprint density at radius 3 is 2.82 bits per heavy atom. The molecule has 118 valence electrons. The predicted octanol–water partition coefficient (Wildman–Crippen LogP) is 0.688. The molecule has 0 fully saturated rings. The fourth-order valence-electron chi connectivity index (χ4n) is 2.56. The van der Waals surface area contributed by atoms with Gasteiger partial charge in [0.2, 0.25) is 5.79 Å². The zero-order chi connectivity index (χ0) is 15.9. The van der Waals surface area contributed by atoms with Crippen LogP contribution in [0.2, 0.25) is 0 Å². The number of hydrogen-bond acceptors (Lipinski definition) is 7. The molecule has 1 aromatic rings. The number of hydrogen-bond donors (Lipinski definition) is 2. The van der Waals surface area contributed by atoms with E-state index in [0.29, 0.717) is 12.4 Å². The normalized spacial score (nSPS) is 18.3. The van der Waals surface area contributed by atoms with Gasteiger partial charge in [-0.15, -0.1) is 0 Å². The minimum absolute atomic E-state index is 0.193. The molecule has 0 amide bonds. The monoisotopic (exact) mass is 308 g/mol. The number of rotatable bonds is 3. The van der Waals surface area contributed by atoms with Crippen molar-refractivity contribution in [3.05, 3.63) is 17.2 Å². The highest BCUT2D eigenvalue weighted by Gasteiger charge is 2.40. The first-order chi connectivity index (χ1) is 10.4. The standard InChI is InChI=1S/C14H17BO7/c1-14(2)21-12-9(20-7-15(17)18)6-8-4-3-5-19-11(8)10(12)13(16)22-14/h6,17-18H,3-5,7H2,1-2H3. The van der Waals surface area contributed by atoms with E-state index < -0.39 is 18.9 Å². The zero-order valence-electron chi connectivity index (χ0n) is 12.4. The number of aryl methyl sites for hydroxylation is 1. The molecule has 2 heterocycles. The fourth-order valence-corrected chi connectivity index (χ4v) is 2.56. The molecule has 3 rings (SSSR count). The van der Waals surface area contributed by atoms with Crippen molar-refractivity contribution in [3.63, 3.8) is 0 Å². The lowest BCUT2D eigenvalue weighted by Gasteiger charge is -2.34. The van der Waals surface area contributed by atoms with Crippen LogP contribution in [0, 0.1) is 0 Å². The first-order valence-corrected chi connectivity index (χ1v) is 7.11. The number of esters is 1. The molecule has 0 aliphatic carbocycles.